The molecule has 0 aliphatic heterocycles. The minimum Gasteiger partial charge on any atom is -0.361 e. The first-order chi connectivity index (χ1) is 13.3. The molecule has 0 atom stereocenters. The van der Waals surface area contributed by atoms with Crippen LogP contribution in [0, 0.1) is 0 Å². The number of nitrogens with zero attached hydrogens (tertiary/aromatic N) is 4. The van der Waals surface area contributed by atoms with Crippen LogP contribution in [0.3, 0.4) is 0 Å². The van der Waals surface area contributed by atoms with Gasteiger partial charge in [0.25, 0.3) is 0 Å². The zero-order chi connectivity index (χ0) is 20.1. The van der Waals surface area contributed by atoms with E-state index in [0.717, 1.165) is 46.1 Å². The molecule has 8 heteroatoms. The molecule has 0 spiro atoms. The van der Waals surface area contributed by atoms with Gasteiger partial charge in [0.2, 0.25) is 5.95 Å². The lowest BCUT2D eigenvalue weighted by Crippen LogP contribution is -2.22. The van der Waals surface area contributed by atoms with Crippen molar-refractivity contribution in [2.45, 2.75) is 32.4 Å². The number of para-hydroxylation sites is 1. The Morgan fingerprint density at radius 2 is 1.93 bits per heavy atom. The Bertz CT molecular complexity index is 1160. The quantitative estimate of drug-likeness (QED) is 0.270. The van der Waals surface area contributed by atoms with E-state index >= 15 is 0 Å². The van der Waals surface area contributed by atoms with Gasteiger partial charge in [0.1, 0.15) is 17.9 Å². The van der Waals surface area contributed by atoms with Gasteiger partial charge in [-0.25, -0.2) is 9.97 Å². The van der Waals surface area contributed by atoms with Crippen LogP contribution in [0.25, 0.3) is 33.0 Å². The van der Waals surface area contributed by atoms with Crippen molar-refractivity contribution in [3.05, 3.63) is 29.4 Å². The smallest absolute Gasteiger partial charge is 0.208 e. The van der Waals surface area contributed by atoms with Gasteiger partial charge in [0.05, 0.1) is 10.9 Å². The van der Waals surface area contributed by atoms with Gasteiger partial charge in [0.15, 0.2) is 5.15 Å². The van der Waals surface area contributed by atoms with Gasteiger partial charge >= 0.3 is 0 Å². The molecule has 0 fully saturated rings. The number of pyridine rings is 1. The molecular weight excluding hydrogens is 390 g/mol. The number of imidazole rings is 1. The minimum absolute atomic E-state index is 0.401. The number of hydrogen-bond acceptors (Lipinski definition) is 4. The third-order valence-corrected chi connectivity index (χ3v) is 6.86. The largest absolute Gasteiger partial charge is 0.361 e. The molecule has 0 radical (unpaired) electrons. The van der Waals surface area contributed by atoms with Crippen LogP contribution in [-0.4, -0.2) is 48.3 Å². The van der Waals surface area contributed by atoms with E-state index in [2.05, 4.69) is 46.3 Å². The summed E-state index contributed by atoms with van der Waals surface area (Å²) in [5, 5.41) is 2.54. The Morgan fingerprint density at radius 3 is 2.64 bits per heavy atom. The number of anilines is 1. The number of hydrogen-bond donors (Lipinski definition) is 1. The highest BCUT2D eigenvalue weighted by atomic mass is 35.5. The Labute approximate surface area is 170 Å². The van der Waals surface area contributed by atoms with Gasteiger partial charge in [-0.15, -0.1) is 0 Å². The maximum atomic E-state index is 6.51. The van der Waals surface area contributed by atoms with E-state index in [1.54, 1.807) is 0 Å². The second-order valence-electron chi connectivity index (χ2n) is 8.58. The highest BCUT2D eigenvalue weighted by Gasteiger charge is 2.22. The van der Waals surface area contributed by atoms with Crippen molar-refractivity contribution < 1.29 is 4.74 Å². The summed E-state index contributed by atoms with van der Waals surface area (Å²) >= 11 is 6.51. The van der Waals surface area contributed by atoms with Crippen LogP contribution >= 0.6 is 11.6 Å². The van der Waals surface area contributed by atoms with Crippen LogP contribution in [-0.2, 0) is 11.5 Å². The van der Waals surface area contributed by atoms with Crippen molar-refractivity contribution in [1.29, 1.82) is 0 Å². The van der Waals surface area contributed by atoms with Crippen LogP contribution in [0.4, 0.5) is 5.95 Å². The van der Waals surface area contributed by atoms with Crippen LogP contribution in [0.1, 0.15) is 0 Å². The van der Waals surface area contributed by atoms with Crippen molar-refractivity contribution in [2.75, 3.05) is 25.6 Å². The van der Waals surface area contributed by atoms with Crippen molar-refractivity contribution in [3.8, 4) is 0 Å². The first kappa shape index (κ1) is 19.2. The first-order valence-corrected chi connectivity index (χ1v) is 13.6. The molecule has 0 aliphatic rings. The Morgan fingerprint density at radius 1 is 1.18 bits per heavy atom. The fraction of sp³-hybridized carbons (Fsp3) is 0.400. The molecule has 1 N–H and O–H groups in total. The third-order valence-electron chi connectivity index (χ3n) is 4.89. The second kappa shape index (κ2) is 7.06. The number of halogens is 1. The number of H-pyrrole nitrogens is 1. The number of rotatable bonds is 6. The minimum atomic E-state index is -1.14. The van der Waals surface area contributed by atoms with E-state index in [-0.39, 0.29) is 0 Å². The van der Waals surface area contributed by atoms with E-state index in [4.69, 9.17) is 21.3 Å². The van der Waals surface area contributed by atoms with Crippen LogP contribution in [0.15, 0.2) is 24.3 Å². The molecule has 4 aromatic rings. The monoisotopic (exact) mass is 415 g/mol. The molecule has 0 bridgehead atoms. The van der Waals surface area contributed by atoms with E-state index in [0.29, 0.717) is 17.4 Å². The normalized spacial score (nSPS) is 12.5. The lowest BCUT2D eigenvalue weighted by atomic mass is 10.2. The molecule has 148 valence electrons. The maximum Gasteiger partial charge on any atom is 0.208 e. The van der Waals surface area contributed by atoms with Crippen LogP contribution in [0.2, 0.25) is 30.8 Å². The lowest BCUT2D eigenvalue weighted by molar-refractivity contribution is 0.0909. The Hall–Kier alpha value is -2.09. The SMILES string of the molecule is CN(C)c1nc2c(Cl)nc3[nH]c4ccccc4c3c2n1COCC[Si](C)(C)C. The van der Waals surface area contributed by atoms with Crippen molar-refractivity contribution in [1.82, 2.24) is 19.5 Å². The van der Waals surface area contributed by atoms with E-state index in [9.17, 15) is 0 Å². The van der Waals surface area contributed by atoms with Gasteiger partial charge in [-0.3, -0.25) is 4.57 Å². The predicted molar refractivity (Wildman–Crippen MR) is 120 cm³/mol. The Balaban J connectivity index is 1.90. The number of nitrogens with one attached hydrogen (secondary N) is 1. The zero-order valence-electron chi connectivity index (χ0n) is 17.0. The topological polar surface area (TPSA) is 59.0 Å². The molecule has 1 aromatic carbocycles. The molecule has 3 heterocycles. The van der Waals surface area contributed by atoms with E-state index in [1.807, 2.05) is 31.1 Å². The average molecular weight is 416 g/mol. The summed E-state index contributed by atoms with van der Waals surface area (Å²) < 4.78 is 8.19. The van der Waals surface area contributed by atoms with Gasteiger partial charge < -0.3 is 14.6 Å². The summed E-state index contributed by atoms with van der Waals surface area (Å²) in [5.41, 5.74) is 3.47. The van der Waals surface area contributed by atoms with E-state index in [1.165, 1.54) is 0 Å². The molecule has 0 unspecified atom stereocenters. The summed E-state index contributed by atoms with van der Waals surface area (Å²) in [5.74, 6) is 0.810. The number of fused-ring (bicyclic) bond motifs is 5. The standard InChI is InChI=1S/C20H26ClN5OSi/c1-25(2)20-23-16-17(26(20)12-27-10-11-28(3,4)5)15-13-8-6-7-9-14(13)22-19(15)24-18(16)21/h6-9H,10-12H2,1-5H3,(H,22,24). The highest BCUT2D eigenvalue weighted by Crippen LogP contribution is 2.36. The van der Waals surface area contributed by atoms with E-state index < -0.39 is 8.07 Å². The number of aromatic nitrogens is 4. The number of aromatic amines is 1. The number of benzene rings is 1. The van der Waals surface area contributed by atoms with Crippen molar-refractivity contribution in [3.63, 3.8) is 0 Å². The summed E-state index contributed by atoms with van der Waals surface area (Å²) in [7, 11) is 2.82. The number of ether oxygens (including phenoxy) is 1. The van der Waals surface area contributed by atoms with Crippen LogP contribution < -0.4 is 4.90 Å². The lowest BCUT2D eigenvalue weighted by Gasteiger charge is -2.18. The molecule has 3 aromatic heterocycles. The average Bonchev–Trinajstić information content (AvgIpc) is 3.16. The maximum absolute atomic E-state index is 6.51. The molecule has 28 heavy (non-hydrogen) atoms. The summed E-state index contributed by atoms with van der Waals surface area (Å²) in [4.78, 5) is 14.7. The first-order valence-electron chi connectivity index (χ1n) is 9.47. The Kier molecular flexibility index (Phi) is 4.85. The summed E-state index contributed by atoms with van der Waals surface area (Å²) in [6.07, 6.45) is 0. The highest BCUT2D eigenvalue weighted by molar-refractivity contribution is 6.76. The van der Waals surface area contributed by atoms with Gasteiger partial charge in [0, 0.05) is 39.7 Å². The van der Waals surface area contributed by atoms with Gasteiger partial charge in [-0.1, -0.05) is 49.4 Å². The molecule has 0 amide bonds. The summed E-state index contributed by atoms with van der Waals surface area (Å²) in [6.45, 7) is 8.25. The van der Waals surface area contributed by atoms with Crippen LogP contribution in [0.5, 0.6) is 0 Å². The molecule has 6 nitrogen and oxygen atoms in total. The summed E-state index contributed by atoms with van der Waals surface area (Å²) in [6, 6.07) is 9.32. The fourth-order valence-electron chi connectivity index (χ4n) is 3.44. The molecule has 0 aliphatic carbocycles. The predicted octanol–water partition coefficient (Wildman–Crippen LogP) is 5.10. The van der Waals surface area contributed by atoms with Gasteiger partial charge in [-0.05, 0) is 12.1 Å². The molecular formula is C20H26ClN5OSi. The van der Waals surface area contributed by atoms with Gasteiger partial charge in [-0.2, -0.15) is 0 Å². The van der Waals surface area contributed by atoms with Crippen molar-refractivity contribution >= 4 is 58.6 Å². The molecule has 4 rings (SSSR count). The molecule has 0 saturated heterocycles. The fourth-order valence-corrected chi connectivity index (χ4v) is 4.41. The van der Waals surface area contributed by atoms with Crippen molar-refractivity contribution in [2.24, 2.45) is 0 Å². The zero-order valence-corrected chi connectivity index (χ0v) is 18.8. The molecule has 0 saturated carbocycles. The second-order valence-corrected chi connectivity index (χ2v) is 14.6. The third kappa shape index (κ3) is 3.38.